The number of carbonyl (C=O) groups excluding carboxylic acids is 1. The van der Waals surface area contributed by atoms with E-state index in [1.807, 2.05) is 6.07 Å². The third-order valence-corrected chi connectivity index (χ3v) is 4.76. The van der Waals surface area contributed by atoms with Gasteiger partial charge < -0.3 is 23.7 Å². The Hall–Kier alpha value is -1.58. The summed E-state index contributed by atoms with van der Waals surface area (Å²) in [6.07, 6.45) is 6.01. The van der Waals surface area contributed by atoms with Gasteiger partial charge in [-0.25, -0.2) is 0 Å². The zero-order valence-electron chi connectivity index (χ0n) is 13.9. The monoisotopic (exact) mass is 446 g/mol. The van der Waals surface area contributed by atoms with Gasteiger partial charge in [0.15, 0.2) is 17.3 Å². The molecule has 1 aliphatic rings. The second-order valence-corrected chi connectivity index (χ2v) is 5.98. The van der Waals surface area contributed by atoms with Crippen LogP contribution in [-0.4, -0.2) is 40.0 Å². The first-order valence-corrected chi connectivity index (χ1v) is 8.17. The molecule has 0 aromatic heterocycles. The van der Waals surface area contributed by atoms with Crippen LogP contribution in [0.15, 0.2) is 30.4 Å². The standard InChI is InChI=1S/C17H19IO6/c1-20-13-9-11(14(18)16(22-3)15(13)21-2)10-24-17(23-4)7-5-12(19)6-8-17/h5-9H,10H2,1-4H3. The topological polar surface area (TPSA) is 63.2 Å². The lowest BCUT2D eigenvalue weighted by molar-refractivity contribution is -0.162. The molecular formula is C17H19IO6. The quantitative estimate of drug-likeness (QED) is 0.474. The van der Waals surface area contributed by atoms with Crippen LogP contribution in [0.4, 0.5) is 0 Å². The maximum Gasteiger partial charge on any atom is 0.208 e. The number of ether oxygens (including phenoxy) is 5. The number of hydrogen-bond acceptors (Lipinski definition) is 6. The van der Waals surface area contributed by atoms with Crippen LogP contribution in [0, 0.1) is 3.57 Å². The Balaban J connectivity index is 2.31. The number of allylic oxidation sites excluding steroid dienone is 2. The second-order valence-electron chi connectivity index (χ2n) is 4.90. The van der Waals surface area contributed by atoms with Crippen LogP contribution in [0.25, 0.3) is 0 Å². The molecular weight excluding hydrogens is 427 g/mol. The van der Waals surface area contributed by atoms with Gasteiger partial charge in [0, 0.05) is 7.11 Å². The molecule has 1 aliphatic carbocycles. The van der Waals surface area contributed by atoms with E-state index in [1.54, 1.807) is 33.5 Å². The van der Waals surface area contributed by atoms with Crippen LogP contribution in [0.2, 0.25) is 0 Å². The molecule has 0 amide bonds. The molecule has 0 bridgehead atoms. The molecule has 0 heterocycles. The predicted octanol–water partition coefficient (Wildman–Crippen LogP) is 2.87. The molecule has 6 nitrogen and oxygen atoms in total. The van der Waals surface area contributed by atoms with Gasteiger partial charge in [-0.3, -0.25) is 4.79 Å². The summed E-state index contributed by atoms with van der Waals surface area (Å²) in [5.41, 5.74) is 0.847. The molecule has 0 saturated heterocycles. The van der Waals surface area contributed by atoms with E-state index in [-0.39, 0.29) is 12.4 Å². The highest BCUT2D eigenvalue weighted by atomic mass is 127. The molecule has 1 aromatic rings. The van der Waals surface area contributed by atoms with Crippen LogP contribution in [0.3, 0.4) is 0 Å². The van der Waals surface area contributed by atoms with Crippen LogP contribution < -0.4 is 14.2 Å². The smallest absolute Gasteiger partial charge is 0.208 e. The SMILES string of the molecule is COc1cc(COC2(OC)C=CC(=O)C=C2)c(I)c(OC)c1OC. The largest absolute Gasteiger partial charge is 0.493 e. The van der Waals surface area contributed by atoms with E-state index in [9.17, 15) is 4.79 Å². The van der Waals surface area contributed by atoms with Crippen molar-refractivity contribution in [1.29, 1.82) is 0 Å². The summed E-state index contributed by atoms with van der Waals surface area (Å²) in [4.78, 5) is 11.3. The number of benzene rings is 1. The average Bonchev–Trinajstić information content (AvgIpc) is 2.61. The fourth-order valence-corrected chi connectivity index (χ4v) is 3.04. The van der Waals surface area contributed by atoms with Crippen molar-refractivity contribution in [2.45, 2.75) is 12.4 Å². The summed E-state index contributed by atoms with van der Waals surface area (Å²) in [6, 6.07) is 1.83. The number of hydrogen-bond donors (Lipinski definition) is 0. The second kappa shape index (κ2) is 8.00. The number of ketones is 1. The van der Waals surface area contributed by atoms with Crippen molar-refractivity contribution in [2.75, 3.05) is 28.4 Å². The Morgan fingerprint density at radius 1 is 1.00 bits per heavy atom. The fourth-order valence-electron chi connectivity index (χ4n) is 2.27. The molecule has 0 N–H and O–H groups in total. The molecule has 0 unspecified atom stereocenters. The molecule has 0 atom stereocenters. The summed E-state index contributed by atoms with van der Waals surface area (Å²) in [5.74, 6) is 0.473. The Morgan fingerprint density at radius 3 is 2.12 bits per heavy atom. The van der Waals surface area contributed by atoms with Crippen LogP contribution in [-0.2, 0) is 20.9 Å². The van der Waals surface area contributed by atoms with Crippen molar-refractivity contribution >= 4 is 28.4 Å². The Labute approximate surface area is 154 Å². The van der Waals surface area contributed by atoms with E-state index in [2.05, 4.69) is 22.6 Å². The molecule has 0 spiro atoms. The normalized spacial score (nSPS) is 15.5. The minimum atomic E-state index is -1.07. The summed E-state index contributed by atoms with van der Waals surface area (Å²) < 4.78 is 28.3. The predicted molar refractivity (Wildman–Crippen MR) is 96.6 cm³/mol. The molecule has 0 fully saturated rings. The molecule has 0 aliphatic heterocycles. The lowest BCUT2D eigenvalue weighted by Crippen LogP contribution is -2.32. The first kappa shape index (κ1) is 18.8. The van der Waals surface area contributed by atoms with Gasteiger partial charge in [0.1, 0.15) is 0 Å². The molecule has 130 valence electrons. The molecule has 7 heteroatoms. The lowest BCUT2D eigenvalue weighted by Gasteiger charge is -2.28. The summed E-state index contributed by atoms with van der Waals surface area (Å²) in [6.45, 7) is 0.228. The minimum Gasteiger partial charge on any atom is -0.493 e. The molecule has 24 heavy (non-hydrogen) atoms. The van der Waals surface area contributed by atoms with Crippen molar-refractivity contribution < 1.29 is 28.5 Å². The van der Waals surface area contributed by atoms with Gasteiger partial charge >= 0.3 is 0 Å². The van der Waals surface area contributed by atoms with E-state index in [0.29, 0.717) is 17.2 Å². The van der Waals surface area contributed by atoms with Gasteiger partial charge in [0.2, 0.25) is 11.5 Å². The van der Waals surface area contributed by atoms with Crippen LogP contribution in [0.5, 0.6) is 17.2 Å². The van der Waals surface area contributed by atoms with Crippen molar-refractivity contribution in [1.82, 2.24) is 0 Å². The summed E-state index contributed by atoms with van der Waals surface area (Å²) in [7, 11) is 6.20. The van der Waals surface area contributed by atoms with Crippen LogP contribution in [0.1, 0.15) is 5.56 Å². The van der Waals surface area contributed by atoms with E-state index in [4.69, 9.17) is 23.7 Å². The lowest BCUT2D eigenvalue weighted by atomic mass is 10.1. The van der Waals surface area contributed by atoms with Gasteiger partial charge in [0.05, 0.1) is 31.5 Å². The van der Waals surface area contributed by atoms with Crippen LogP contribution >= 0.6 is 22.6 Å². The van der Waals surface area contributed by atoms with Gasteiger partial charge in [-0.2, -0.15) is 0 Å². The van der Waals surface area contributed by atoms with E-state index < -0.39 is 5.79 Å². The van der Waals surface area contributed by atoms with Crippen molar-refractivity contribution in [3.8, 4) is 17.2 Å². The first-order valence-electron chi connectivity index (χ1n) is 7.09. The third-order valence-electron chi connectivity index (χ3n) is 3.58. The van der Waals surface area contributed by atoms with Crippen molar-refractivity contribution in [2.24, 2.45) is 0 Å². The number of carbonyl (C=O) groups is 1. The highest BCUT2D eigenvalue weighted by Crippen LogP contribution is 2.43. The summed E-state index contributed by atoms with van der Waals surface area (Å²) >= 11 is 2.17. The van der Waals surface area contributed by atoms with Gasteiger partial charge in [-0.05, 0) is 58.5 Å². The average molecular weight is 446 g/mol. The van der Waals surface area contributed by atoms with Gasteiger partial charge in [0.25, 0.3) is 0 Å². The first-order chi connectivity index (χ1) is 11.5. The molecule has 0 radical (unpaired) electrons. The molecule has 1 aromatic carbocycles. The van der Waals surface area contributed by atoms with Crippen molar-refractivity contribution in [3.63, 3.8) is 0 Å². The fraction of sp³-hybridized carbons (Fsp3) is 0.353. The van der Waals surface area contributed by atoms with E-state index in [0.717, 1.165) is 9.13 Å². The molecule has 2 rings (SSSR count). The maximum absolute atomic E-state index is 11.3. The number of halogens is 1. The zero-order valence-corrected chi connectivity index (χ0v) is 16.1. The third kappa shape index (κ3) is 3.73. The van der Waals surface area contributed by atoms with E-state index in [1.165, 1.54) is 19.3 Å². The Bertz CT molecular complexity index is 664. The van der Waals surface area contributed by atoms with Gasteiger partial charge in [-0.15, -0.1) is 0 Å². The van der Waals surface area contributed by atoms with Crippen molar-refractivity contribution in [3.05, 3.63) is 39.5 Å². The minimum absolute atomic E-state index is 0.103. The zero-order chi connectivity index (χ0) is 17.7. The molecule has 0 saturated carbocycles. The highest BCUT2D eigenvalue weighted by Gasteiger charge is 2.28. The number of rotatable bonds is 7. The highest BCUT2D eigenvalue weighted by molar-refractivity contribution is 14.1. The maximum atomic E-state index is 11.3. The Morgan fingerprint density at radius 2 is 1.62 bits per heavy atom. The number of methoxy groups -OCH3 is 4. The van der Waals surface area contributed by atoms with Gasteiger partial charge in [-0.1, -0.05) is 0 Å². The van der Waals surface area contributed by atoms with E-state index >= 15 is 0 Å². The Kier molecular flexibility index (Phi) is 6.25. The summed E-state index contributed by atoms with van der Waals surface area (Å²) in [5, 5.41) is 0.